The highest BCUT2D eigenvalue weighted by Gasteiger charge is 2.29. The summed E-state index contributed by atoms with van der Waals surface area (Å²) in [6, 6.07) is 1.71. The molecule has 2 rings (SSSR count). The van der Waals surface area contributed by atoms with Gasteiger partial charge in [0.1, 0.15) is 17.3 Å². The summed E-state index contributed by atoms with van der Waals surface area (Å²) in [5.41, 5.74) is -0.0720. The van der Waals surface area contributed by atoms with Crippen LogP contribution in [-0.4, -0.2) is 28.7 Å². The van der Waals surface area contributed by atoms with Gasteiger partial charge in [0.05, 0.1) is 5.60 Å². The molecule has 1 aliphatic heterocycles. The van der Waals surface area contributed by atoms with E-state index in [1.807, 2.05) is 0 Å². The maximum atomic E-state index is 5.75. The number of nitrogens with zero attached hydrogens (tertiary/aromatic N) is 2. The zero-order valence-corrected chi connectivity index (χ0v) is 9.42. The van der Waals surface area contributed by atoms with Gasteiger partial charge in [-0.15, -0.1) is 0 Å². The molecule has 1 saturated heterocycles. The van der Waals surface area contributed by atoms with E-state index < -0.39 is 0 Å². The van der Waals surface area contributed by atoms with Crippen molar-refractivity contribution in [3.8, 4) is 0 Å². The molecule has 0 saturated carbocycles. The number of ether oxygens (including phenoxy) is 1. The Morgan fingerprint density at radius 3 is 3.13 bits per heavy atom. The van der Waals surface area contributed by atoms with Crippen molar-refractivity contribution in [3.63, 3.8) is 0 Å². The molecule has 1 aromatic heterocycles. The van der Waals surface area contributed by atoms with E-state index in [4.69, 9.17) is 16.3 Å². The van der Waals surface area contributed by atoms with Crippen LogP contribution in [0.3, 0.4) is 0 Å². The first-order valence-electron chi connectivity index (χ1n) is 5.03. The summed E-state index contributed by atoms with van der Waals surface area (Å²) in [5.74, 6) is 0.742. The SMILES string of the molecule is CC1(CNc2cc(Cl)ncn2)CCCO1. The van der Waals surface area contributed by atoms with Crippen molar-refractivity contribution < 1.29 is 4.74 Å². The molecule has 1 unspecified atom stereocenters. The molecule has 15 heavy (non-hydrogen) atoms. The minimum Gasteiger partial charge on any atom is -0.373 e. The molecule has 0 radical (unpaired) electrons. The highest BCUT2D eigenvalue weighted by molar-refractivity contribution is 6.29. The largest absolute Gasteiger partial charge is 0.373 e. The Morgan fingerprint density at radius 1 is 1.60 bits per heavy atom. The van der Waals surface area contributed by atoms with Gasteiger partial charge in [0, 0.05) is 19.2 Å². The molecular weight excluding hydrogens is 214 g/mol. The summed E-state index contributed by atoms with van der Waals surface area (Å²) in [5, 5.41) is 3.66. The molecule has 0 bridgehead atoms. The van der Waals surface area contributed by atoms with Gasteiger partial charge in [-0.2, -0.15) is 0 Å². The van der Waals surface area contributed by atoms with E-state index in [1.54, 1.807) is 6.07 Å². The van der Waals surface area contributed by atoms with E-state index in [9.17, 15) is 0 Å². The molecule has 1 aliphatic rings. The molecule has 4 nitrogen and oxygen atoms in total. The second-order valence-corrected chi connectivity index (χ2v) is 4.37. The molecule has 0 amide bonds. The van der Waals surface area contributed by atoms with E-state index in [2.05, 4.69) is 22.2 Å². The topological polar surface area (TPSA) is 47.0 Å². The first-order chi connectivity index (χ1) is 7.18. The van der Waals surface area contributed by atoms with Gasteiger partial charge in [0.2, 0.25) is 0 Å². The van der Waals surface area contributed by atoms with Crippen molar-refractivity contribution in [2.45, 2.75) is 25.4 Å². The van der Waals surface area contributed by atoms with Crippen LogP contribution in [0.15, 0.2) is 12.4 Å². The first-order valence-corrected chi connectivity index (χ1v) is 5.41. The number of anilines is 1. The van der Waals surface area contributed by atoms with Crippen molar-refractivity contribution in [1.82, 2.24) is 9.97 Å². The fraction of sp³-hybridized carbons (Fsp3) is 0.600. The van der Waals surface area contributed by atoms with Crippen LogP contribution in [0.1, 0.15) is 19.8 Å². The van der Waals surface area contributed by atoms with Gasteiger partial charge in [0.15, 0.2) is 0 Å². The second kappa shape index (κ2) is 4.33. The minimum atomic E-state index is -0.0720. The van der Waals surface area contributed by atoms with E-state index in [0.717, 1.165) is 31.8 Å². The van der Waals surface area contributed by atoms with Crippen molar-refractivity contribution in [3.05, 3.63) is 17.5 Å². The number of hydrogen-bond acceptors (Lipinski definition) is 4. The second-order valence-electron chi connectivity index (χ2n) is 3.98. The quantitative estimate of drug-likeness (QED) is 0.804. The molecule has 2 heterocycles. The lowest BCUT2D eigenvalue weighted by atomic mass is 10.0. The first kappa shape index (κ1) is 10.6. The molecule has 1 atom stereocenters. The van der Waals surface area contributed by atoms with Crippen LogP contribution in [0.2, 0.25) is 5.15 Å². The third kappa shape index (κ3) is 2.79. The lowest BCUT2D eigenvalue weighted by Crippen LogP contribution is -2.32. The van der Waals surface area contributed by atoms with Crippen LogP contribution < -0.4 is 5.32 Å². The molecule has 1 fully saturated rings. The molecule has 82 valence electrons. The van der Waals surface area contributed by atoms with Crippen LogP contribution in [0.25, 0.3) is 0 Å². The highest BCUT2D eigenvalue weighted by atomic mass is 35.5. The van der Waals surface area contributed by atoms with Gasteiger partial charge in [0.25, 0.3) is 0 Å². The zero-order valence-electron chi connectivity index (χ0n) is 8.66. The van der Waals surface area contributed by atoms with E-state index >= 15 is 0 Å². The fourth-order valence-corrected chi connectivity index (χ4v) is 1.83. The van der Waals surface area contributed by atoms with Gasteiger partial charge in [-0.05, 0) is 19.8 Å². The summed E-state index contributed by atoms with van der Waals surface area (Å²) < 4.78 is 5.65. The maximum absolute atomic E-state index is 5.75. The van der Waals surface area contributed by atoms with Gasteiger partial charge in [-0.3, -0.25) is 0 Å². The third-order valence-electron chi connectivity index (χ3n) is 2.58. The summed E-state index contributed by atoms with van der Waals surface area (Å²) >= 11 is 5.75. The highest BCUT2D eigenvalue weighted by Crippen LogP contribution is 2.25. The number of nitrogens with one attached hydrogen (secondary N) is 1. The molecule has 1 aromatic rings. The van der Waals surface area contributed by atoms with E-state index in [1.165, 1.54) is 6.33 Å². The monoisotopic (exact) mass is 227 g/mol. The van der Waals surface area contributed by atoms with Crippen LogP contribution in [0.4, 0.5) is 5.82 Å². The van der Waals surface area contributed by atoms with Crippen molar-refractivity contribution in [1.29, 1.82) is 0 Å². The van der Waals surface area contributed by atoms with E-state index in [-0.39, 0.29) is 5.60 Å². The Labute approximate surface area is 94.0 Å². The Morgan fingerprint density at radius 2 is 2.47 bits per heavy atom. The van der Waals surface area contributed by atoms with Crippen molar-refractivity contribution in [2.75, 3.05) is 18.5 Å². The van der Waals surface area contributed by atoms with Crippen LogP contribution in [0, 0.1) is 0 Å². The Kier molecular flexibility index (Phi) is 3.07. The zero-order chi connectivity index (χ0) is 10.7. The van der Waals surface area contributed by atoms with Crippen molar-refractivity contribution >= 4 is 17.4 Å². The lowest BCUT2D eigenvalue weighted by molar-refractivity contribution is 0.0315. The summed E-state index contributed by atoms with van der Waals surface area (Å²) in [6.07, 6.45) is 3.66. The van der Waals surface area contributed by atoms with Gasteiger partial charge >= 0.3 is 0 Å². The average molecular weight is 228 g/mol. The van der Waals surface area contributed by atoms with Gasteiger partial charge in [-0.25, -0.2) is 9.97 Å². The van der Waals surface area contributed by atoms with Crippen LogP contribution in [0.5, 0.6) is 0 Å². The smallest absolute Gasteiger partial charge is 0.134 e. The predicted octanol–water partition coefficient (Wildman–Crippen LogP) is 2.11. The summed E-state index contributed by atoms with van der Waals surface area (Å²) in [6.45, 7) is 3.71. The average Bonchev–Trinajstić information content (AvgIpc) is 2.63. The molecule has 0 spiro atoms. The lowest BCUT2D eigenvalue weighted by Gasteiger charge is -2.23. The molecule has 0 aliphatic carbocycles. The number of rotatable bonds is 3. The Bertz CT molecular complexity index is 339. The minimum absolute atomic E-state index is 0.0720. The Balaban J connectivity index is 1.92. The maximum Gasteiger partial charge on any atom is 0.134 e. The third-order valence-corrected chi connectivity index (χ3v) is 2.78. The van der Waals surface area contributed by atoms with Crippen molar-refractivity contribution in [2.24, 2.45) is 0 Å². The van der Waals surface area contributed by atoms with Gasteiger partial charge < -0.3 is 10.1 Å². The summed E-state index contributed by atoms with van der Waals surface area (Å²) in [4.78, 5) is 7.89. The molecule has 0 aromatic carbocycles. The molecule has 1 N–H and O–H groups in total. The van der Waals surface area contributed by atoms with Crippen LogP contribution in [-0.2, 0) is 4.74 Å². The van der Waals surface area contributed by atoms with E-state index in [0.29, 0.717) is 5.15 Å². The Hall–Kier alpha value is -0.870. The van der Waals surface area contributed by atoms with Crippen LogP contribution >= 0.6 is 11.6 Å². The summed E-state index contributed by atoms with van der Waals surface area (Å²) in [7, 11) is 0. The standard InChI is InChI=1S/C10H14ClN3O/c1-10(3-2-4-15-10)6-12-9-5-8(11)13-7-14-9/h5,7H,2-4,6H2,1H3,(H,12,13,14). The number of hydrogen-bond donors (Lipinski definition) is 1. The number of halogens is 1. The fourth-order valence-electron chi connectivity index (χ4n) is 1.68. The predicted molar refractivity (Wildman–Crippen MR) is 59.1 cm³/mol. The normalized spacial score (nSPS) is 25.5. The molecule has 5 heteroatoms. The van der Waals surface area contributed by atoms with Gasteiger partial charge in [-0.1, -0.05) is 11.6 Å². The molecular formula is C10H14ClN3O. The number of aromatic nitrogens is 2.